The third-order valence-electron chi connectivity index (χ3n) is 3.77. The number of hydrogen-bond donors (Lipinski definition) is 2. The van der Waals surface area contributed by atoms with E-state index in [0.29, 0.717) is 25.0 Å². The molecule has 110 valence electrons. The molecule has 1 aliphatic rings. The number of pyridine rings is 1. The zero-order valence-corrected chi connectivity index (χ0v) is 12.0. The van der Waals surface area contributed by atoms with E-state index in [0.717, 1.165) is 31.6 Å². The average Bonchev–Trinajstić information content (AvgIpc) is 2.52. The second-order valence-electron chi connectivity index (χ2n) is 5.26. The SMILES string of the molecule is C[C@H](NCC(=O)NCc1cccnc1)C1CCOCC1. The number of nitrogens with zero attached hydrogens (tertiary/aromatic N) is 1. The molecule has 1 fully saturated rings. The second kappa shape index (κ2) is 7.97. The number of aromatic nitrogens is 1. The van der Waals surface area contributed by atoms with Gasteiger partial charge in [-0.15, -0.1) is 0 Å². The van der Waals surface area contributed by atoms with E-state index in [1.165, 1.54) is 0 Å². The minimum absolute atomic E-state index is 0.0211. The normalized spacial score (nSPS) is 17.6. The van der Waals surface area contributed by atoms with Crippen molar-refractivity contribution in [3.05, 3.63) is 30.1 Å². The molecule has 5 nitrogen and oxygen atoms in total. The molecular weight excluding hydrogens is 254 g/mol. The minimum atomic E-state index is 0.0211. The number of rotatable bonds is 6. The van der Waals surface area contributed by atoms with Crippen LogP contribution in [0.1, 0.15) is 25.3 Å². The average molecular weight is 277 g/mol. The van der Waals surface area contributed by atoms with Gasteiger partial charge < -0.3 is 15.4 Å². The maximum Gasteiger partial charge on any atom is 0.234 e. The summed E-state index contributed by atoms with van der Waals surface area (Å²) in [5.41, 5.74) is 1.01. The van der Waals surface area contributed by atoms with Crippen molar-refractivity contribution in [2.75, 3.05) is 19.8 Å². The molecule has 2 heterocycles. The summed E-state index contributed by atoms with van der Waals surface area (Å²) in [6, 6.07) is 4.17. The van der Waals surface area contributed by atoms with Crippen molar-refractivity contribution in [1.29, 1.82) is 0 Å². The number of carbonyl (C=O) groups excluding carboxylic acids is 1. The lowest BCUT2D eigenvalue weighted by atomic mass is 9.93. The van der Waals surface area contributed by atoms with Gasteiger partial charge >= 0.3 is 0 Å². The van der Waals surface area contributed by atoms with Gasteiger partial charge in [0.1, 0.15) is 0 Å². The second-order valence-corrected chi connectivity index (χ2v) is 5.26. The Bertz CT molecular complexity index is 405. The minimum Gasteiger partial charge on any atom is -0.381 e. The Morgan fingerprint density at radius 3 is 3.00 bits per heavy atom. The van der Waals surface area contributed by atoms with Gasteiger partial charge in [0.05, 0.1) is 6.54 Å². The monoisotopic (exact) mass is 277 g/mol. The molecule has 1 aromatic rings. The Morgan fingerprint density at radius 1 is 1.50 bits per heavy atom. The highest BCUT2D eigenvalue weighted by Crippen LogP contribution is 2.18. The van der Waals surface area contributed by atoms with Crippen LogP contribution in [0.15, 0.2) is 24.5 Å². The van der Waals surface area contributed by atoms with E-state index in [1.807, 2.05) is 12.1 Å². The molecule has 5 heteroatoms. The molecular formula is C15H23N3O2. The molecule has 2 N–H and O–H groups in total. The van der Waals surface area contributed by atoms with Gasteiger partial charge in [0.2, 0.25) is 5.91 Å². The quantitative estimate of drug-likeness (QED) is 0.817. The molecule has 0 saturated carbocycles. The molecule has 1 saturated heterocycles. The third-order valence-corrected chi connectivity index (χ3v) is 3.77. The summed E-state index contributed by atoms with van der Waals surface area (Å²) in [5.74, 6) is 0.627. The molecule has 0 radical (unpaired) electrons. The van der Waals surface area contributed by atoms with E-state index in [4.69, 9.17) is 4.74 Å². The molecule has 0 bridgehead atoms. The lowest BCUT2D eigenvalue weighted by molar-refractivity contribution is -0.120. The summed E-state index contributed by atoms with van der Waals surface area (Å²) in [5, 5.41) is 6.20. The molecule has 1 aliphatic heterocycles. The maximum absolute atomic E-state index is 11.8. The molecule has 2 rings (SSSR count). The van der Waals surface area contributed by atoms with Crippen molar-refractivity contribution in [3.63, 3.8) is 0 Å². The molecule has 20 heavy (non-hydrogen) atoms. The summed E-state index contributed by atoms with van der Waals surface area (Å²) in [6.45, 7) is 4.71. The van der Waals surface area contributed by atoms with Gasteiger partial charge in [0.15, 0.2) is 0 Å². The fourth-order valence-electron chi connectivity index (χ4n) is 2.40. The Labute approximate surface area is 120 Å². The lowest BCUT2D eigenvalue weighted by Gasteiger charge is -2.28. The van der Waals surface area contributed by atoms with Crippen molar-refractivity contribution < 1.29 is 9.53 Å². The fourth-order valence-corrected chi connectivity index (χ4v) is 2.40. The van der Waals surface area contributed by atoms with Crippen molar-refractivity contribution in [2.45, 2.75) is 32.4 Å². The summed E-state index contributed by atoms with van der Waals surface area (Å²) in [7, 11) is 0. The van der Waals surface area contributed by atoms with Gasteiger partial charge in [-0.3, -0.25) is 9.78 Å². The standard InChI is InChI=1S/C15H23N3O2/c1-12(14-4-7-20-8-5-14)17-11-15(19)18-10-13-3-2-6-16-9-13/h2-3,6,9,12,14,17H,4-5,7-8,10-11H2,1H3,(H,18,19)/t12-/m0/s1. The third kappa shape index (κ3) is 4.90. The van der Waals surface area contributed by atoms with Gasteiger partial charge in [0.25, 0.3) is 0 Å². The van der Waals surface area contributed by atoms with Crippen LogP contribution in [0.2, 0.25) is 0 Å². The fraction of sp³-hybridized carbons (Fsp3) is 0.600. The van der Waals surface area contributed by atoms with Crippen LogP contribution in [0.3, 0.4) is 0 Å². The highest BCUT2D eigenvalue weighted by atomic mass is 16.5. The van der Waals surface area contributed by atoms with Crippen LogP contribution in [0, 0.1) is 5.92 Å². The van der Waals surface area contributed by atoms with E-state index in [1.54, 1.807) is 12.4 Å². The predicted molar refractivity (Wildman–Crippen MR) is 77.1 cm³/mol. The van der Waals surface area contributed by atoms with Crippen LogP contribution < -0.4 is 10.6 Å². The molecule has 0 unspecified atom stereocenters. The van der Waals surface area contributed by atoms with Gasteiger partial charge in [-0.2, -0.15) is 0 Å². The van der Waals surface area contributed by atoms with E-state index in [9.17, 15) is 4.79 Å². The Hall–Kier alpha value is -1.46. The van der Waals surface area contributed by atoms with Crippen molar-refractivity contribution >= 4 is 5.91 Å². The van der Waals surface area contributed by atoms with Gasteiger partial charge in [0, 0.05) is 38.2 Å². The summed E-state index contributed by atoms with van der Waals surface area (Å²) >= 11 is 0. The smallest absolute Gasteiger partial charge is 0.234 e. The van der Waals surface area contributed by atoms with Crippen molar-refractivity contribution in [2.24, 2.45) is 5.92 Å². The molecule has 1 aromatic heterocycles. The number of amides is 1. The van der Waals surface area contributed by atoms with E-state index in [-0.39, 0.29) is 5.91 Å². The van der Waals surface area contributed by atoms with Gasteiger partial charge in [-0.25, -0.2) is 0 Å². The lowest BCUT2D eigenvalue weighted by Crippen LogP contribution is -2.42. The van der Waals surface area contributed by atoms with Gasteiger partial charge in [-0.1, -0.05) is 6.07 Å². The summed E-state index contributed by atoms with van der Waals surface area (Å²) in [4.78, 5) is 15.8. The van der Waals surface area contributed by atoms with Crippen LogP contribution in [0.5, 0.6) is 0 Å². The van der Waals surface area contributed by atoms with E-state index in [2.05, 4.69) is 22.5 Å². The van der Waals surface area contributed by atoms with Crippen LogP contribution in [0.4, 0.5) is 0 Å². The highest BCUT2D eigenvalue weighted by Gasteiger charge is 2.20. The van der Waals surface area contributed by atoms with E-state index < -0.39 is 0 Å². The largest absolute Gasteiger partial charge is 0.381 e. The Morgan fingerprint density at radius 2 is 2.30 bits per heavy atom. The molecule has 1 atom stereocenters. The Kier molecular flexibility index (Phi) is 5.95. The van der Waals surface area contributed by atoms with Crippen LogP contribution >= 0.6 is 0 Å². The topological polar surface area (TPSA) is 63.2 Å². The Balaban J connectivity index is 1.64. The summed E-state index contributed by atoms with van der Waals surface area (Å²) in [6.07, 6.45) is 5.64. The first-order valence-electron chi connectivity index (χ1n) is 7.22. The van der Waals surface area contributed by atoms with Crippen molar-refractivity contribution in [1.82, 2.24) is 15.6 Å². The van der Waals surface area contributed by atoms with Crippen LogP contribution in [-0.4, -0.2) is 36.7 Å². The maximum atomic E-state index is 11.8. The molecule has 0 spiro atoms. The number of ether oxygens (including phenoxy) is 1. The summed E-state index contributed by atoms with van der Waals surface area (Å²) < 4.78 is 5.35. The van der Waals surface area contributed by atoms with E-state index >= 15 is 0 Å². The first-order valence-corrected chi connectivity index (χ1v) is 7.22. The van der Waals surface area contributed by atoms with Crippen LogP contribution in [0.25, 0.3) is 0 Å². The first kappa shape index (κ1) is 14.9. The zero-order chi connectivity index (χ0) is 14.2. The number of nitrogens with one attached hydrogen (secondary N) is 2. The van der Waals surface area contributed by atoms with Crippen LogP contribution in [-0.2, 0) is 16.1 Å². The van der Waals surface area contributed by atoms with Crippen molar-refractivity contribution in [3.8, 4) is 0 Å². The van der Waals surface area contributed by atoms with Gasteiger partial charge in [-0.05, 0) is 37.3 Å². The molecule has 0 aliphatic carbocycles. The zero-order valence-electron chi connectivity index (χ0n) is 12.0. The number of hydrogen-bond acceptors (Lipinski definition) is 4. The number of carbonyl (C=O) groups is 1. The molecule has 0 aromatic carbocycles. The predicted octanol–water partition coefficient (Wildman–Crippen LogP) is 1.10. The molecule has 1 amide bonds. The highest BCUT2D eigenvalue weighted by molar-refractivity contribution is 5.77. The first-order chi connectivity index (χ1) is 9.75.